The van der Waals surface area contributed by atoms with Crippen molar-refractivity contribution in [3.63, 3.8) is 0 Å². The van der Waals surface area contributed by atoms with E-state index >= 15 is 0 Å². The van der Waals surface area contributed by atoms with Gasteiger partial charge in [0.15, 0.2) is 5.82 Å². The summed E-state index contributed by atoms with van der Waals surface area (Å²) in [4.78, 5) is 12.7. The van der Waals surface area contributed by atoms with Crippen LogP contribution in [0.15, 0.2) is 30.6 Å². The molecule has 0 amide bonds. The predicted molar refractivity (Wildman–Crippen MR) is 63.8 cm³/mol. The Kier molecular flexibility index (Phi) is 2.81. The standard InChI is InChI=1S/C12H14N4/c1-8(2)10-7-11(13)16-12(15-10)9-3-5-14-6-4-9/h3-8H,1-2H3,(H2,13,15,16). The van der Waals surface area contributed by atoms with Gasteiger partial charge in [0.2, 0.25) is 0 Å². The molecule has 82 valence electrons. The molecule has 0 radical (unpaired) electrons. The maximum absolute atomic E-state index is 5.77. The van der Waals surface area contributed by atoms with E-state index in [4.69, 9.17) is 5.73 Å². The van der Waals surface area contributed by atoms with Gasteiger partial charge in [-0.2, -0.15) is 0 Å². The van der Waals surface area contributed by atoms with E-state index in [2.05, 4.69) is 28.8 Å². The third kappa shape index (κ3) is 2.16. The van der Waals surface area contributed by atoms with Crippen LogP contribution in [0.1, 0.15) is 25.5 Å². The number of pyridine rings is 1. The maximum Gasteiger partial charge on any atom is 0.161 e. The molecule has 0 aromatic carbocycles. The van der Waals surface area contributed by atoms with Crippen molar-refractivity contribution >= 4 is 5.82 Å². The number of anilines is 1. The number of hydrogen-bond acceptors (Lipinski definition) is 4. The van der Waals surface area contributed by atoms with E-state index < -0.39 is 0 Å². The Labute approximate surface area is 94.6 Å². The number of nitrogen functional groups attached to an aromatic ring is 1. The van der Waals surface area contributed by atoms with E-state index in [-0.39, 0.29) is 0 Å². The number of nitrogens with zero attached hydrogens (tertiary/aromatic N) is 3. The van der Waals surface area contributed by atoms with E-state index in [1.165, 1.54) is 0 Å². The summed E-state index contributed by atoms with van der Waals surface area (Å²) in [5.74, 6) is 1.50. The van der Waals surface area contributed by atoms with Gasteiger partial charge < -0.3 is 5.73 Å². The van der Waals surface area contributed by atoms with Crippen molar-refractivity contribution < 1.29 is 0 Å². The summed E-state index contributed by atoms with van der Waals surface area (Å²) in [5, 5.41) is 0. The minimum absolute atomic E-state index is 0.339. The molecule has 2 aromatic rings. The zero-order chi connectivity index (χ0) is 11.5. The van der Waals surface area contributed by atoms with Gasteiger partial charge in [-0.1, -0.05) is 13.8 Å². The van der Waals surface area contributed by atoms with Crippen LogP contribution in [0.2, 0.25) is 0 Å². The van der Waals surface area contributed by atoms with Crippen LogP contribution in [-0.2, 0) is 0 Å². The third-order valence-corrected chi connectivity index (χ3v) is 2.30. The Morgan fingerprint density at radius 3 is 2.44 bits per heavy atom. The summed E-state index contributed by atoms with van der Waals surface area (Å²) in [7, 11) is 0. The molecule has 0 saturated heterocycles. The first-order valence-electron chi connectivity index (χ1n) is 5.21. The molecule has 0 aliphatic heterocycles. The molecule has 0 saturated carbocycles. The fourth-order valence-corrected chi connectivity index (χ4v) is 1.41. The average Bonchev–Trinajstić information content (AvgIpc) is 2.29. The molecule has 2 heterocycles. The van der Waals surface area contributed by atoms with Crippen LogP contribution < -0.4 is 5.73 Å². The second-order valence-electron chi connectivity index (χ2n) is 3.93. The molecular weight excluding hydrogens is 200 g/mol. The maximum atomic E-state index is 5.77. The molecule has 2 aromatic heterocycles. The smallest absolute Gasteiger partial charge is 0.161 e. The zero-order valence-corrected chi connectivity index (χ0v) is 9.38. The van der Waals surface area contributed by atoms with Crippen molar-refractivity contribution in [3.8, 4) is 11.4 Å². The average molecular weight is 214 g/mol. The molecule has 0 fully saturated rings. The van der Waals surface area contributed by atoms with Gasteiger partial charge in [0.25, 0.3) is 0 Å². The molecule has 4 nitrogen and oxygen atoms in total. The van der Waals surface area contributed by atoms with Crippen molar-refractivity contribution in [2.75, 3.05) is 5.73 Å². The second-order valence-corrected chi connectivity index (χ2v) is 3.93. The highest BCUT2D eigenvalue weighted by Crippen LogP contribution is 2.19. The van der Waals surface area contributed by atoms with E-state index in [1.807, 2.05) is 18.2 Å². The summed E-state index contributed by atoms with van der Waals surface area (Å²) in [5.41, 5.74) is 7.66. The van der Waals surface area contributed by atoms with E-state index in [0.717, 1.165) is 11.3 Å². The minimum Gasteiger partial charge on any atom is -0.384 e. The zero-order valence-electron chi connectivity index (χ0n) is 9.38. The summed E-state index contributed by atoms with van der Waals surface area (Å²) in [6.07, 6.45) is 3.44. The van der Waals surface area contributed by atoms with E-state index in [1.54, 1.807) is 12.4 Å². The Bertz CT molecular complexity index is 480. The Balaban J connectivity index is 2.50. The van der Waals surface area contributed by atoms with Gasteiger partial charge in [0.05, 0.1) is 0 Å². The highest BCUT2D eigenvalue weighted by Gasteiger charge is 2.07. The lowest BCUT2D eigenvalue weighted by Gasteiger charge is -2.07. The van der Waals surface area contributed by atoms with Crippen LogP contribution in [0.5, 0.6) is 0 Å². The van der Waals surface area contributed by atoms with Crippen molar-refractivity contribution in [3.05, 3.63) is 36.3 Å². The Hall–Kier alpha value is -1.97. The summed E-state index contributed by atoms with van der Waals surface area (Å²) in [6.45, 7) is 4.16. The minimum atomic E-state index is 0.339. The molecule has 2 rings (SSSR count). The largest absolute Gasteiger partial charge is 0.384 e. The molecule has 0 aliphatic rings. The van der Waals surface area contributed by atoms with Crippen molar-refractivity contribution in [1.29, 1.82) is 0 Å². The quantitative estimate of drug-likeness (QED) is 0.832. The van der Waals surface area contributed by atoms with Gasteiger partial charge in [-0.3, -0.25) is 4.98 Å². The van der Waals surface area contributed by atoms with Crippen molar-refractivity contribution in [1.82, 2.24) is 15.0 Å². The molecule has 0 aliphatic carbocycles. The fourth-order valence-electron chi connectivity index (χ4n) is 1.41. The molecule has 0 atom stereocenters. The molecule has 0 spiro atoms. The highest BCUT2D eigenvalue weighted by atomic mass is 14.9. The van der Waals surface area contributed by atoms with Gasteiger partial charge in [-0.05, 0) is 18.1 Å². The molecule has 4 heteroatoms. The molecule has 0 bridgehead atoms. The first-order chi connectivity index (χ1) is 7.66. The van der Waals surface area contributed by atoms with Gasteiger partial charge >= 0.3 is 0 Å². The Morgan fingerprint density at radius 1 is 1.12 bits per heavy atom. The van der Waals surface area contributed by atoms with Crippen molar-refractivity contribution in [2.24, 2.45) is 0 Å². The SMILES string of the molecule is CC(C)c1cc(N)nc(-c2ccncc2)n1. The van der Waals surface area contributed by atoms with Gasteiger partial charge in [0, 0.05) is 29.7 Å². The lowest BCUT2D eigenvalue weighted by molar-refractivity contribution is 0.818. The van der Waals surface area contributed by atoms with Crippen LogP contribution in [0.3, 0.4) is 0 Å². The molecule has 16 heavy (non-hydrogen) atoms. The van der Waals surface area contributed by atoms with Gasteiger partial charge in [-0.25, -0.2) is 9.97 Å². The predicted octanol–water partition coefficient (Wildman–Crippen LogP) is 2.24. The van der Waals surface area contributed by atoms with Crippen molar-refractivity contribution in [2.45, 2.75) is 19.8 Å². The van der Waals surface area contributed by atoms with Crippen LogP contribution in [0.25, 0.3) is 11.4 Å². The van der Waals surface area contributed by atoms with E-state index in [9.17, 15) is 0 Å². The summed E-state index contributed by atoms with van der Waals surface area (Å²) < 4.78 is 0. The normalized spacial score (nSPS) is 10.7. The van der Waals surface area contributed by atoms with Crippen LogP contribution in [0, 0.1) is 0 Å². The lowest BCUT2D eigenvalue weighted by atomic mass is 10.1. The molecule has 2 N–H and O–H groups in total. The first kappa shape index (κ1) is 10.5. The number of aromatic nitrogens is 3. The highest BCUT2D eigenvalue weighted by molar-refractivity contribution is 5.56. The summed E-state index contributed by atoms with van der Waals surface area (Å²) >= 11 is 0. The topological polar surface area (TPSA) is 64.7 Å². The van der Waals surface area contributed by atoms with Crippen LogP contribution in [0.4, 0.5) is 5.82 Å². The monoisotopic (exact) mass is 214 g/mol. The van der Waals surface area contributed by atoms with Crippen LogP contribution >= 0.6 is 0 Å². The second kappa shape index (κ2) is 4.26. The van der Waals surface area contributed by atoms with E-state index in [0.29, 0.717) is 17.6 Å². The summed E-state index contributed by atoms with van der Waals surface area (Å²) in [6, 6.07) is 5.56. The lowest BCUT2D eigenvalue weighted by Crippen LogP contribution is -2.01. The van der Waals surface area contributed by atoms with Crippen LogP contribution in [-0.4, -0.2) is 15.0 Å². The Morgan fingerprint density at radius 2 is 1.81 bits per heavy atom. The number of rotatable bonds is 2. The van der Waals surface area contributed by atoms with Gasteiger partial charge in [0.1, 0.15) is 5.82 Å². The molecule has 0 unspecified atom stereocenters. The third-order valence-electron chi connectivity index (χ3n) is 2.30. The number of nitrogens with two attached hydrogens (primary N) is 1. The van der Waals surface area contributed by atoms with Gasteiger partial charge in [-0.15, -0.1) is 0 Å². The fraction of sp³-hybridized carbons (Fsp3) is 0.250. The molecular formula is C12H14N4. The first-order valence-corrected chi connectivity index (χ1v) is 5.21. The number of hydrogen-bond donors (Lipinski definition) is 1.